The van der Waals surface area contributed by atoms with E-state index in [0.717, 1.165) is 21.5 Å². The maximum atomic E-state index is 7.00. The molecule has 3 heteroatoms. The minimum absolute atomic E-state index is 0.802. The maximum absolute atomic E-state index is 7.00. The normalized spacial score (nSPS) is 22.9. The standard InChI is InChI=1S/2C9H7.C2H4.2CH4O.Zr/c2*1-2-5-9-7-3-6-8(9)4-1;3*1-2;/h2*1-7H;1-2H2;2*2H,1H3;. The minimum Gasteiger partial charge on any atom is -0.400 e. The Labute approximate surface area is 154 Å². The molecule has 0 aromatic heterocycles. The summed E-state index contributed by atoms with van der Waals surface area (Å²) in [4.78, 5) is 0. The molecule has 0 radical (unpaired) electrons. The van der Waals surface area contributed by atoms with Gasteiger partial charge < -0.3 is 10.2 Å². The van der Waals surface area contributed by atoms with Crippen molar-refractivity contribution in [2.45, 2.75) is 15.5 Å². The molecular weight excluding hydrogens is 387 g/mol. The van der Waals surface area contributed by atoms with Gasteiger partial charge in [0.2, 0.25) is 0 Å². The number of aliphatic hydroxyl groups is 2. The van der Waals surface area contributed by atoms with Gasteiger partial charge in [-0.3, -0.25) is 0 Å². The van der Waals surface area contributed by atoms with Crippen LogP contribution >= 0.6 is 0 Å². The molecule has 0 bridgehead atoms. The van der Waals surface area contributed by atoms with Crippen molar-refractivity contribution in [2.75, 3.05) is 14.2 Å². The summed E-state index contributed by atoms with van der Waals surface area (Å²) >= 11 is -2.13. The summed E-state index contributed by atoms with van der Waals surface area (Å²) in [6.45, 7) is 0. The second-order valence-electron chi connectivity index (χ2n) is 6.66. The predicted molar refractivity (Wildman–Crippen MR) is 102 cm³/mol. The van der Waals surface area contributed by atoms with E-state index in [-0.39, 0.29) is 0 Å². The van der Waals surface area contributed by atoms with E-state index in [2.05, 4.69) is 72.8 Å². The van der Waals surface area contributed by atoms with Crippen molar-refractivity contribution in [1.82, 2.24) is 0 Å². The predicted octanol–water partition coefficient (Wildman–Crippen LogP) is 4.74. The van der Waals surface area contributed by atoms with E-state index in [0.29, 0.717) is 0 Å². The molecule has 0 saturated carbocycles. The second-order valence-corrected chi connectivity index (χ2v) is 18.2. The van der Waals surface area contributed by atoms with E-state index in [1.165, 1.54) is 11.1 Å². The Morgan fingerprint density at radius 3 is 1.48 bits per heavy atom. The third-order valence-corrected chi connectivity index (χ3v) is 18.3. The van der Waals surface area contributed by atoms with Crippen LogP contribution in [0.1, 0.15) is 29.5 Å². The van der Waals surface area contributed by atoms with Crippen LogP contribution in [0.25, 0.3) is 12.2 Å². The van der Waals surface area contributed by atoms with E-state index in [1.807, 2.05) is 0 Å². The average Bonchev–Trinajstić information content (AvgIpc) is 3.19. The Bertz CT molecular complexity index is 727. The quantitative estimate of drug-likeness (QED) is 0.746. The molecule has 1 aliphatic heterocycles. The minimum atomic E-state index is -2.13. The average molecular weight is 414 g/mol. The van der Waals surface area contributed by atoms with Crippen molar-refractivity contribution in [3.63, 3.8) is 0 Å². The van der Waals surface area contributed by atoms with Crippen LogP contribution in [0.5, 0.6) is 0 Å². The molecule has 1 heterocycles. The first kappa shape index (κ1) is 18.5. The topological polar surface area (TPSA) is 40.5 Å². The number of hydrogen-bond donors (Lipinski definition) is 2. The molecule has 0 amide bonds. The van der Waals surface area contributed by atoms with Gasteiger partial charge in [0.25, 0.3) is 0 Å². The molecule has 2 nitrogen and oxygen atoms in total. The SMILES string of the molecule is C1=C[CH]([Zr]2([CH]3C=Cc4ccccc43)[CH2][CH2]2)c2ccccc21.CO.CO. The van der Waals surface area contributed by atoms with Gasteiger partial charge in [-0.15, -0.1) is 0 Å². The van der Waals surface area contributed by atoms with Crippen LogP contribution in [0.15, 0.2) is 60.7 Å². The molecule has 2 aromatic carbocycles. The van der Waals surface area contributed by atoms with Crippen LogP contribution in [0.2, 0.25) is 8.26 Å². The number of hydrogen-bond acceptors (Lipinski definition) is 2. The van der Waals surface area contributed by atoms with Crippen LogP contribution < -0.4 is 0 Å². The van der Waals surface area contributed by atoms with Crippen LogP contribution in [0.3, 0.4) is 0 Å². The van der Waals surface area contributed by atoms with Gasteiger partial charge in [-0.2, -0.15) is 0 Å². The molecule has 1 fully saturated rings. The Morgan fingerprint density at radius 2 is 1.08 bits per heavy atom. The summed E-state index contributed by atoms with van der Waals surface area (Å²) in [5, 5.41) is 14.0. The molecule has 25 heavy (non-hydrogen) atoms. The van der Waals surface area contributed by atoms with Crippen molar-refractivity contribution in [3.05, 3.63) is 82.9 Å². The first-order valence-corrected chi connectivity index (χ1v) is 15.1. The molecule has 2 unspecified atom stereocenters. The fraction of sp³-hybridized carbons (Fsp3) is 0.273. The molecule has 2 aromatic rings. The molecular formula is C22H26O2Zr. The smallest absolute Gasteiger partial charge is 0.0319 e. The van der Waals surface area contributed by atoms with Crippen molar-refractivity contribution in [1.29, 1.82) is 0 Å². The fourth-order valence-corrected chi connectivity index (χ4v) is 20.1. The molecule has 3 aliphatic rings. The summed E-state index contributed by atoms with van der Waals surface area (Å²) in [6.07, 6.45) is 9.84. The van der Waals surface area contributed by atoms with Crippen LogP contribution in [-0.2, 0) is 20.3 Å². The van der Waals surface area contributed by atoms with E-state index in [1.54, 1.807) is 19.4 Å². The van der Waals surface area contributed by atoms with Gasteiger partial charge in [-0.25, -0.2) is 0 Å². The fourth-order valence-electron chi connectivity index (χ4n) is 4.46. The monoisotopic (exact) mass is 412 g/mol. The zero-order valence-electron chi connectivity index (χ0n) is 14.9. The van der Waals surface area contributed by atoms with Crippen molar-refractivity contribution >= 4 is 12.2 Å². The Hall–Kier alpha value is -1.28. The van der Waals surface area contributed by atoms with Crippen molar-refractivity contribution < 1.29 is 30.5 Å². The number of aliphatic hydroxyl groups excluding tert-OH is 2. The van der Waals surface area contributed by atoms with E-state index in [4.69, 9.17) is 10.2 Å². The molecule has 2 N–H and O–H groups in total. The van der Waals surface area contributed by atoms with Gasteiger partial charge in [0, 0.05) is 14.2 Å². The third-order valence-electron chi connectivity index (χ3n) is 5.66. The van der Waals surface area contributed by atoms with Crippen molar-refractivity contribution in [2.24, 2.45) is 0 Å². The molecule has 0 spiro atoms. The zero-order chi connectivity index (χ0) is 17.9. The zero-order valence-corrected chi connectivity index (χ0v) is 17.3. The first-order chi connectivity index (χ1) is 12.4. The Kier molecular flexibility index (Phi) is 5.89. The van der Waals surface area contributed by atoms with Gasteiger partial charge >= 0.3 is 131 Å². The van der Waals surface area contributed by atoms with E-state index in [9.17, 15) is 0 Å². The van der Waals surface area contributed by atoms with Crippen LogP contribution in [-0.4, -0.2) is 24.4 Å². The summed E-state index contributed by atoms with van der Waals surface area (Å²) < 4.78 is 4.72. The summed E-state index contributed by atoms with van der Waals surface area (Å²) in [5.41, 5.74) is 6.20. The van der Waals surface area contributed by atoms with Gasteiger partial charge in [-0.05, 0) is 0 Å². The summed E-state index contributed by atoms with van der Waals surface area (Å²) in [6, 6.07) is 18.1. The van der Waals surface area contributed by atoms with Gasteiger partial charge in [-0.1, -0.05) is 0 Å². The number of fused-ring (bicyclic) bond motifs is 2. The molecule has 2 atom stereocenters. The number of allylic oxidation sites excluding steroid dienone is 2. The first-order valence-electron chi connectivity index (χ1n) is 8.82. The molecule has 2 aliphatic carbocycles. The van der Waals surface area contributed by atoms with Gasteiger partial charge in [0.1, 0.15) is 0 Å². The number of rotatable bonds is 2. The largest absolute Gasteiger partial charge is 0.400 e. The van der Waals surface area contributed by atoms with Gasteiger partial charge in [0.15, 0.2) is 0 Å². The molecule has 5 rings (SSSR count). The van der Waals surface area contributed by atoms with Crippen LogP contribution in [0, 0.1) is 0 Å². The van der Waals surface area contributed by atoms with E-state index < -0.39 is 20.3 Å². The maximum Gasteiger partial charge on any atom is 0.0319 e. The molecule has 130 valence electrons. The van der Waals surface area contributed by atoms with Crippen molar-refractivity contribution in [3.8, 4) is 0 Å². The third kappa shape index (κ3) is 3.14. The molecule has 1 saturated heterocycles. The van der Waals surface area contributed by atoms with Crippen LogP contribution in [0.4, 0.5) is 0 Å². The Morgan fingerprint density at radius 1 is 0.680 bits per heavy atom. The second kappa shape index (κ2) is 7.95. The summed E-state index contributed by atoms with van der Waals surface area (Å²) in [7, 11) is 2.00. The Balaban J connectivity index is 0.000000428. The number of benzene rings is 2. The summed E-state index contributed by atoms with van der Waals surface area (Å²) in [5.74, 6) is 0. The van der Waals surface area contributed by atoms with Gasteiger partial charge in [0.05, 0.1) is 0 Å². The van der Waals surface area contributed by atoms with E-state index >= 15 is 0 Å².